The van der Waals surface area contributed by atoms with Gasteiger partial charge in [0.2, 0.25) is 5.91 Å². The van der Waals surface area contributed by atoms with Crippen LogP contribution in [-0.4, -0.2) is 48.3 Å². The lowest BCUT2D eigenvalue weighted by atomic mass is 10.1. The van der Waals surface area contributed by atoms with Gasteiger partial charge in [-0.2, -0.15) is 0 Å². The molecule has 0 radical (unpaired) electrons. The fourth-order valence-corrected chi connectivity index (χ4v) is 2.09. The molecule has 1 N–H and O–H groups in total. The van der Waals surface area contributed by atoms with Gasteiger partial charge in [-0.05, 0) is 12.0 Å². The van der Waals surface area contributed by atoms with Crippen LogP contribution in [0.25, 0.3) is 0 Å². The molecule has 4 heteroatoms. The van der Waals surface area contributed by atoms with E-state index in [1.807, 2.05) is 0 Å². The van der Waals surface area contributed by atoms with Crippen molar-refractivity contribution >= 4 is 5.91 Å². The van der Waals surface area contributed by atoms with Crippen LogP contribution in [-0.2, 0) is 9.53 Å². The van der Waals surface area contributed by atoms with E-state index in [0.29, 0.717) is 19.6 Å². The van der Waals surface area contributed by atoms with E-state index >= 15 is 0 Å². The third kappa shape index (κ3) is 1.26. The number of nitrogens with zero attached hydrogens (tertiary/aromatic N) is 1. The Morgan fingerprint density at radius 3 is 3.23 bits per heavy atom. The number of methoxy groups -OCH3 is 1. The summed E-state index contributed by atoms with van der Waals surface area (Å²) in [4.78, 5) is 13.1. The minimum absolute atomic E-state index is 0.00796. The molecule has 1 saturated heterocycles. The van der Waals surface area contributed by atoms with Gasteiger partial charge in [-0.25, -0.2) is 0 Å². The third-order valence-electron chi connectivity index (χ3n) is 2.65. The van der Waals surface area contributed by atoms with Gasteiger partial charge in [0.15, 0.2) is 0 Å². The van der Waals surface area contributed by atoms with Crippen molar-refractivity contribution in [3.63, 3.8) is 0 Å². The van der Waals surface area contributed by atoms with Crippen LogP contribution >= 0.6 is 0 Å². The summed E-state index contributed by atoms with van der Waals surface area (Å²) in [6.07, 6.45) is 1.85. The van der Waals surface area contributed by atoms with Crippen LogP contribution in [0.15, 0.2) is 11.6 Å². The second-order valence-corrected chi connectivity index (χ2v) is 3.48. The lowest BCUT2D eigenvalue weighted by molar-refractivity contribution is -0.125. The zero-order valence-corrected chi connectivity index (χ0v) is 7.56. The minimum atomic E-state index is -0.409. The molecule has 72 valence electrons. The molecule has 0 aliphatic carbocycles. The first kappa shape index (κ1) is 8.72. The van der Waals surface area contributed by atoms with Gasteiger partial charge in [0.05, 0.1) is 18.8 Å². The van der Waals surface area contributed by atoms with Crippen molar-refractivity contribution in [3.05, 3.63) is 11.6 Å². The fourth-order valence-electron chi connectivity index (χ4n) is 2.09. The van der Waals surface area contributed by atoms with Crippen molar-refractivity contribution in [1.29, 1.82) is 0 Å². The van der Waals surface area contributed by atoms with E-state index in [-0.39, 0.29) is 11.9 Å². The molecule has 0 bridgehead atoms. The Morgan fingerprint density at radius 2 is 2.54 bits per heavy atom. The average Bonchev–Trinajstić information content (AvgIpc) is 2.58. The number of carbonyl (C=O) groups excluding carboxylic acids is 1. The van der Waals surface area contributed by atoms with E-state index in [2.05, 4.69) is 0 Å². The molecular weight excluding hydrogens is 170 g/mol. The fraction of sp³-hybridized carbons (Fsp3) is 0.667. The summed E-state index contributed by atoms with van der Waals surface area (Å²) in [5, 5.41) is 9.62. The summed E-state index contributed by atoms with van der Waals surface area (Å²) in [6, 6.07) is -0.118. The number of hydrogen-bond donors (Lipinski definition) is 1. The summed E-state index contributed by atoms with van der Waals surface area (Å²) >= 11 is 0. The van der Waals surface area contributed by atoms with Gasteiger partial charge >= 0.3 is 0 Å². The minimum Gasteiger partial charge on any atom is -0.391 e. The van der Waals surface area contributed by atoms with Crippen molar-refractivity contribution in [2.45, 2.75) is 18.6 Å². The van der Waals surface area contributed by atoms with Gasteiger partial charge in [0, 0.05) is 19.7 Å². The van der Waals surface area contributed by atoms with Crippen molar-refractivity contribution in [2.24, 2.45) is 0 Å². The van der Waals surface area contributed by atoms with E-state index in [9.17, 15) is 9.90 Å². The first-order valence-electron chi connectivity index (χ1n) is 4.42. The standard InChI is InChI=1S/C9H13NO3/c1-13-5-6-4-8(12)10-3-2-7(11)9(6)10/h4,7,9,11H,2-3,5H2,1H3/t7-,9+/m1/s1. The smallest absolute Gasteiger partial charge is 0.247 e. The molecule has 2 heterocycles. The summed E-state index contributed by atoms with van der Waals surface area (Å²) in [5.41, 5.74) is 0.900. The van der Waals surface area contributed by atoms with Crippen LogP contribution in [0.3, 0.4) is 0 Å². The van der Waals surface area contributed by atoms with Crippen molar-refractivity contribution in [1.82, 2.24) is 4.90 Å². The van der Waals surface area contributed by atoms with Gasteiger partial charge in [0.1, 0.15) is 0 Å². The van der Waals surface area contributed by atoms with E-state index in [1.54, 1.807) is 18.1 Å². The molecule has 13 heavy (non-hydrogen) atoms. The normalized spacial score (nSPS) is 32.3. The van der Waals surface area contributed by atoms with E-state index in [0.717, 1.165) is 5.57 Å². The topological polar surface area (TPSA) is 49.8 Å². The molecule has 2 aliphatic heterocycles. The van der Waals surface area contributed by atoms with E-state index in [4.69, 9.17) is 4.74 Å². The van der Waals surface area contributed by atoms with Crippen LogP contribution in [0.1, 0.15) is 6.42 Å². The maximum absolute atomic E-state index is 11.4. The number of hydrogen-bond acceptors (Lipinski definition) is 3. The Hall–Kier alpha value is -0.870. The Kier molecular flexibility index (Phi) is 2.09. The van der Waals surface area contributed by atoms with Crippen LogP contribution in [0.2, 0.25) is 0 Å². The van der Waals surface area contributed by atoms with Gasteiger partial charge in [-0.1, -0.05) is 0 Å². The van der Waals surface area contributed by atoms with Gasteiger partial charge in [0.25, 0.3) is 0 Å². The lowest BCUT2D eigenvalue weighted by Gasteiger charge is -2.20. The highest BCUT2D eigenvalue weighted by Gasteiger charge is 2.41. The van der Waals surface area contributed by atoms with Gasteiger partial charge < -0.3 is 14.7 Å². The predicted octanol–water partition coefficient (Wildman–Crippen LogP) is -0.465. The van der Waals surface area contributed by atoms with E-state index < -0.39 is 6.10 Å². The molecule has 2 atom stereocenters. The van der Waals surface area contributed by atoms with Gasteiger partial charge in [-0.15, -0.1) is 0 Å². The summed E-state index contributed by atoms with van der Waals surface area (Å²) in [6.45, 7) is 1.10. The Balaban J connectivity index is 2.19. The molecule has 0 spiro atoms. The zero-order chi connectivity index (χ0) is 9.42. The quantitative estimate of drug-likeness (QED) is 0.630. The molecule has 2 rings (SSSR count). The number of amides is 1. The number of fused-ring (bicyclic) bond motifs is 1. The van der Waals surface area contributed by atoms with Crippen molar-refractivity contribution in [3.8, 4) is 0 Å². The second-order valence-electron chi connectivity index (χ2n) is 3.48. The summed E-state index contributed by atoms with van der Waals surface area (Å²) < 4.78 is 4.97. The largest absolute Gasteiger partial charge is 0.391 e. The number of ether oxygens (including phenoxy) is 1. The van der Waals surface area contributed by atoms with E-state index in [1.165, 1.54) is 0 Å². The molecule has 2 aliphatic rings. The molecule has 4 nitrogen and oxygen atoms in total. The Labute approximate surface area is 76.8 Å². The summed E-state index contributed by atoms with van der Waals surface area (Å²) in [7, 11) is 1.59. The van der Waals surface area contributed by atoms with Gasteiger partial charge in [-0.3, -0.25) is 4.79 Å². The van der Waals surface area contributed by atoms with Crippen LogP contribution in [0.4, 0.5) is 0 Å². The lowest BCUT2D eigenvalue weighted by Crippen LogP contribution is -2.35. The van der Waals surface area contributed by atoms with Crippen molar-refractivity contribution in [2.75, 3.05) is 20.3 Å². The highest BCUT2D eigenvalue weighted by atomic mass is 16.5. The highest BCUT2D eigenvalue weighted by Crippen LogP contribution is 2.29. The number of rotatable bonds is 2. The summed E-state index contributed by atoms with van der Waals surface area (Å²) in [5.74, 6) is 0.00796. The number of aliphatic hydroxyl groups is 1. The molecule has 0 aromatic rings. The zero-order valence-electron chi connectivity index (χ0n) is 7.56. The molecular formula is C9H13NO3. The van der Waals surface area contributed by atoms with Crippen LogP contribution in [0.5, 0.6) is 0 Å². The second kappa shape index (κ2) is 3.12. The Morgan fingerprint density at radius 1 is 1.77 bits per heavy atom. The SMILES string of the molecule is COCC1=CC(=O)N2CC[C@@H](O)[C@H]12. The Bertz CT molecular complexity index is 262. The molecule has 0 saturated carbocycles. The first-order valence-corrected chi connectivity index (χ1v) is 4.42. The predicted molar refractivity (Wildman–Crippen MR) is 46.1 cm³/mol. The van der Waals surface area contributed by atoms with Crippen LogP contribution in [0, 0.1) is 0 Å². The number of carbonyl (C=O) groups is 1. The third-order valence-corrected chi connectivity index (χ3v) is 2.65. The first-order chi connectivity index (χ1) is 6.24. The molecule has 1 amide bonds. The van der Waals surface area contributed by atoms with Crippen molar-refractivity contribution < 1.29 is 14.6 Å². The molecule has 0 unspecified atom stereocenters. The molecule has 0 aromatic carbocycles. The number of aliphatic hydroxyl groups excluding tert-OH is 1. The molecule has 0 aromatic heterocycles. The molecule has 1 fully saturated rings. The van der Waals surface area contributed by atoms with Crippen LogP contribution < -0.4 is 0 Å². The average molecular weight is 183 g/mol. The highest BCUT2D eigenvalue weighted by molar-refractivity contribution is 5.92. The maximum atomic E-state index is 11.4. The monoisotopic (exact) mass is 183 g/mol. The maximum Gasteiger partial charge on any atom is 0.247 e.